The predicted octanol–water partition coefficient (Wildman–Crippen LogP) is 4.38. The Hall–Kier alpha value is -2.13. The third-order valence-electron chi connectivity index (χ3n) is 3.13. The van der Waals surface area contributed by atoms with Gasteiger partial charge in [0.2, 0.25) is 0 Å². The minimum atomic E-state index is -0.501. The molecule has 0 saturated heterocycles. The van der Waals surface area contributed by atoms with Crippen LogP contribution in [0.2, 0.25) is 5.02 Å². The smallest absolute Gasteiger partial charge is 0.343 e. The van der Waals surface area contributed by atoms with Crippen LogP contribution in [-0.4, -0.2) is 11.8 Å². The quantitative estimate of drug-likeness (QED) is 0.480. The first-order valence-corrected chi connectivity index (χ1v) is 6.86. The van der Waals surface area contributed by atoms with E-state index < -0.39 is 5.97 Å². The zero-order valence-corrected chi connectivity index (χ0v) is 12.8. The molecule has 2 aromatic rings. The molecule has 0 atom stereocenters. The van der Waals surface area contributed by atoms with Gasteiger partial charge >= 0.3 is 5.97 Å². The van der Waals surface area contributed by atoms with E-state index in [4.69, 9.17) is 16.3 Å². The summed E-state index contributed by atoms with van der Waals surface area (Å²) in [5.41, 5.74) is 2.53. The third-order valence-corrected chi connectivity index (χ3v) is 3.54. The lowest BCUT2D eigenvalue weighted by molar-refractivity contribution is 0.0733. The Kier molecular flexibility index (Phi) is 4.43. The van der Waals surface area contributed by atoms with Crippen molar-refractivity contribution in [1.29, 1.82) is 0 Å². The summed E-state index contributed by atoms with van der Waals surface area (Å²) in [7, 11) is 0. The van der Waals surface area contributed by atoms with Crippen LogP contribution in [0.15, 0.2) is 36.4 Å². The van der Waals surface area contributed by atoms with Gasteiger partial charge in [-0.3, -0.25) is 4.79 Å². The summed E-state index contributed by atoms with van der Waals surface area (Å²) in [5.74, 6) is -0.474. The molecule has 0 saturated carbocycles. The average Bonchev–Trinajstić information content (AvgIpc) is 2.43. The molecule has 0 aliphatic rings. The number of hydrogen-bond donors (Lipinski definition) is 0. The third kappa shape index (κ3) is 3.50. The zero-order chi connectivity index (χ0) is 15.6. The van der Waals surface area contributed by atoms with E-state index >= 15 is 0 Å². The summed E-state index contributed by atoms with van der Waals surface area (Å²) in [5, 5.41) is 0.468. The van der Waals surface area contributed by atoms with Crippen molar-refractivity contribution >= 4 is 23.4 Å². The normalized spacial score (nSPS) is 10.3. The monoisotopic (exact) mass is 302 g/mol. The molecule has 0 radical (unpaired) electrons. The fraction of sp³-hybridized carbons (Fsp3) is 0.176. The summed E-state index contributed by atoms with van der Waals surface area (Å²) in [6.07, 6.45) is 0. The molecule has 108 valence electrons. The van der Waals surface area contributed by atoms with Crippen LogP contribution in [0.1, 0.15) is 38.8 Å². The van der Waals surface area contributed by atoms with E-state index in [1.54, 1.807) is 25.1 Å². The van der Waals surface area contributed by atoms with Crippen LogP contribution in [-0.2, 0) is 0 Å². The van der Waals surface area contributed by atoms with Crippen molar-refractivity contribution in [2.24, 2.45) is 0 Å². The average molecular weight is 303 g/mol. The van der Waals surface area contributed by atoms with Crippen LogP contribution in [0, 0.1) is 13.8 Å². The van der Waals surface area contributed by atoms with Gasteiger partial charge in [-0.25, -0.2) is 4.79 Å². The minimum absolute atomic E-state index is 0.205. The van der Waals surface area contributed by atoms with Crippen LogP contribution in [0.5, 0.6) is 5.75 Å². The molecule has 4 heteroatoms. The Labute approximate surface area is 128 Å². The number of Topliss-reactive ketones (excluding diaryl/α,β-unsaturated/α-hetero) is 1. The van der Waals surface area contributed by atoms with Gasteiger partial charge in [0.1, 0.15) is 5.75 Å². The van der Waals surface area contributed by atoms with Crippen LogP contribution in [0.3, 0.4) is 0 Å². The molecule has 0 aromatic heterocycles. The maximum Gasteiger partial charge on any atom is 0.343 e. The molecular weight excluding hydrogens is 288 g/mol. The molecule has 0 N–H and O–H groups in total. The second-order valence-corrected chi connectivity index (χ2v) is 5.32. The molecule has 2 rings (SSSR count). The first kappa shape index (κ1) is 15.3. The van der Waals surface area contributed by atoms with Crippen molar-refractivity contribution in [3.63, 3.8) is 0 Å². The van der Waals surface area contributed by atoms with Crippen molar-refractivity contribution in [3.05, 3.63) is 63.7 Å². The second kappa shape index (κ2) is 6.10. The highest BCUT2D eigenvalue weighted by atomic mass is 35.5. The summed E-state index contributed by atoms with van der Waals surface area (Å²) in [6.45, 7) is 5.13. The van der Waals surface area contributed by atoms with Crippen molar-refractivity contribution in [1.82, 2.24) is 0 Å². The van der Waals surface area contributed by atoms with Crippen LogP contribution in [0.25, 0.3) is 0 Å². The zero-order valence-electron chi connectivity index (χ0n) is 12.1. The molecule has 0 aliphatic carbocycles. The van der Waals surface area contributed by atoms with E-state index in [2.05, 4.69) is 0 Å². The van der Waals surface area contributed by atoms with Gasteiger partial charge in [0.05, 0.1) is 11.1 Å². The highest BCUT2D eigenvalue weighted by Crippen LogP contribution is 2.27. The van der Waals surface area contributed by atoms with Crippen molar-refractivity contribution in [2.75, 3.05) is 0 Å². The Balaban J connectivity index is 2.34. The summed E-state index contributed by atoms with van der Waals surface area (Å²) < 4.78 is 5.35. The molecule has 21 heavy (non-hydrogen) atoms. The van der Waals surface area contributed by atoms with Crippen molar-refractivity contribution in [2.45, 2.75) is 20.8 Å². The standard InChI is InChI=1S/C17H15ClO3/c1-10-4-6-13(7-5-10)17(20)21-16-8-11(2)15(18)9-14(16)12(3)19/h4-9H,1-3H3. The van der Waals surface area contributed by atoms with Crippen LogP contribution < -0.4 is 4.74 Å². The summed E-state index contributed by atoms with van der Waals surface area (Å²) in [4.78, 5) is 23.8. The number of carbonyl (C=O) groups excluding carboxylic acids is 2. The molecule has 3 nitrogen and oxygen atoms in total. The molecule has 0 amide bonds. The number of carbonyl (C=O) groups is 2. The Morgan fingerprint density at radius 1 is 1.05 bits per heavy atom. The Bertz CT molecular complexity index is 703. The van der Waals surface area contributed by atoms with E-state index in [-0.39, 0.29) is 11.5 Å². The second-order valence-electron chi connectivity index (χ2n) is 4.91. The largest absolute Gasteiger partial charge is 0.422 e. The van der Waals surface area contributed by atoms with Crippen LogP contribution >= 0.6 is 11.6 Å². The SMILES string of the molecule is CC(=O)c1cc(Cl)c(C)cc1OC(=O)c1ccc(C)cc1. The lowest BCUT2D eigenvalue weighted by Gasteiger charge is -2.10. The maximum atomic E-state index is 12.1. The van der Waals surface area contributed by atoms with Crippen LogP contribution in [0.4, 0.5) is 0 Å². The number of ether oxygens (including phenoxy) is 1. The van der Waals surface area contributed by atoms with Gasteiger partial charge < -0.3 is 4.74 Å². The van der Waals surface area contributed by atoms with Gasteiger partial charge in [0.25, 0.3) is 0 Å². The highest BCUT2D eigenvalue weighted by molar-refractivity contribution is 6.31. The van der Waals surface area contributed by atoms with Gasteiger partial charge in [-0.2, -0.15) is 0 Å². The summed E-state index contributed by atoms with van der Waals surface area (Å²) in [6, 6.07) is 10.2. The topological polar surface area (TPSA) is 43.4 Å². The number of aryl methyl sites for hydroxylation is 2. The number of hydrogen-bond acceptors (Lipinski definition) is 3. The minimum Gasteiger partial charge on any atom is -0.422 e. The molecule has 0 unspecified atom stereocenters. The number of benzene rings is 2. The lowest BCUT2D eigenvalue weighted by atomic mass is 10.1. The first-order chi connectivity index (χ1) is 9.88. The fourth-order valence-electron chi connectivity index (χ4n) is 1.86. The predicted molar refractivity (Wildman–Crippen MR) is 82.3 cm³/mol. The van der Waals surface area contributed by atoms with Gasteiger partial charge in [0.15, 0.2) is 5.78 Å². The molecule has 0 spiro atoms. The Morgan fingerprint density at radius 2 is 1.67 bits per heavy atom. The lowest BCUT2D eigenvalue weighted by Crippen LogP contribution is -2.11. The summed E-state index contributed by atoms with van der Waals surface area (Å²) >= 11 is 6.01. The van der Waals surface area contributed by atoms with Gasteiger partial charge in [-0.05, 0) is 50.6 Å². The van der Waals surface area contributed by atoms with Gasteiger partial charge in [-0.1, -0.05) is 29.3 Å². The highest BCUT2D eigenvalue weighted by Gasteiger charge is 2.16. The number of esters is 1. The van der Waals surface area contributed by atoms with E-state index in [0.29, 0.717) is 16.1 Å². The number of halogens is 1. The molecule has 0 bridgehead atoms. The van der Waals surface area contributed by atoms with E-state index in [1.165, 1.54) is 13.0 Å². The molecule has 0 fully saturated rings. The van der Waals surface area contributed by atoms with Crippen molar-refractivity contribution < 1.29 is 14.3 Å². The molecular formula is C17H15ClO3. The maximum absolute atomic E-state index is 12.1. The van der Waals surface area contributed by atoms with Crippen molar-refractivity contribution in [3.8, 4) is 5.75 Å². The Morgan fingerprint density at radius 3 is 2.24 bits per heavy atom. The van der Waals surface area contributed by atoms with E-state index in [1.807, 2.05) is 19.1 Å². The van der Waals surface area contributed by atoms with E-state index in [0.717, 1.165) is 11.1 Å². The molecule has 0 heterocycles. The number of rotatable bonds is 3. The van der Waals surface area contributed by atoms with E-state index in [9.17, 15) is 9.59 Å². The molecule has 0 aliphatic heterocycles. The van der Waals surface area contributed by atoms with Gasteiger partial charge in [-0.15, -0.1) is 0 Å². The fourth-order valence-corrected chi connectivity index (χ4v) is 2.03. The molecule has 2 aromatic carbocycles. The number of ketones is 1. The first-order valence-electron chi connectivity index (χ1n) is 6.48. The van der Waals surface area contributed by atoms with Gasteiger partial charge in [0, 0.05) is 5.02 Å².